The molecule has 1 fully saturated rings. The first kappa shape index (κ1) is 24.6. The minimum atomic E-state index is -0.0313. The van der Waals surface area contributed by atoms with Crippen molar-refractivity contribution in [2.24, 2.45) is 9.98 Å². The van der Waals surface area contributed by atoms with Gasteiger partial charge in [0.05, 0.1) is 6.61 Å². The molecule has 2 heterocycles. The van der Waals surface area contributed by atoms with Crippen LogP contribution in [0.4, 0.5) is 0 Å². The van der Waals surface area contributed by atoms with Crippen LogP contribution in [0.25, 0.3) is 5.57 Å². The molecule has 1 aromatic rings. The molecule has 2 aliphatic rings. The van der Waals surface area contributed by atoms with Gasteiger partial charge in [-0.3, -0.25) is 14.8 Å². The van der Waals surface area contributed by atoms with Gasteiger partial charge in [0.25, 0.3) is 5.91 Å². The van der Waals surface area contributed by atoms with E-state index in [-0.39, 0.29) is 5.91 Å². The number of ether oxygens (including phenoxy) is 1. The van der Waals surface area contributed by atoms with Gasteiger partial charge in [-0.15, -0.1) is 0 Å². The molecule has 1 unspecified atom stereocenters. The van der Waals surface area contributed by atoms with Crippen LogP contribution in [0.3, 0.4) is 0 Å². The molecule has 0 saturated carbocycles. The Kier molecular flexibility index (Phi) is 9.15. The Balaban J connectivity index is 1.59. The van der Waals surface area contributed by atoms with Gasteiger partial charge in [0, 0.05) is 62.8 Å². The lowest BCUT2D eigenvalue weighted by Crippen LogP contribution is -2.38. The first-order valence-electron chi connectivity index (χ1n) is 11.4. The third-order valence-corrected chi connectivity index (χ3v) is 6.05. The van der Waals surface area contributed by atoms with E-state index in [0.717, 1.165) is 41.2 Å². The molecular formula is C26H35N5O2. The molecule has 0 radical (unpaired) electrons. The summed E-state index contributed by atoms with van der Waals surface area (Å²) in [6.45, 7) is 7.35. The average Bonchev–Trinajstić information content (AvgIpc) is 3.24. The van der Waals surface area contributed by atoms with E-state index in [2.05, 4.69) is 39.1 Å². The van der Waals surface area contributed by atoms with E-state index >= 15 is 0 Å². The molecule has 176 valence electrons. The van der Waals surface area contributed by atoms with E-state index in [9.17, 15) is 4.79 Å². The number of amidine groups is 1. The molecule has 1 amide bonds. The van der Waals surface area contributed by atoms with Gasteiger partial charge in [-0.25, -0.2) is 0 Å². The van der Waals surface area contributed by atoms with Crippen LogP contribution in [-0.2, 0) is 4.74 Å². The van der Waals surface area contributed by atoms with Gasteiger partial charge in [-0.1, -0.05) is 18.7 Å². The molecule has 3 rings (SSSR count). The summed E-state index contributed by atoms with van der Waals surface area (Å²) >= 11 is 0. The summed E-state index contributed by atoms with van der Waals surface area (Å²) in [5.74, 6) is 0.750. The van der Waals surface area contributed by atoms with Crippen LogP contribution in [0.2, 0.25) is 0 Å². The third kappa shape index (κ3) is 6.97. The fraction of sp³-hybridized carbons (Fsp3) is 0.423. The Hall–Kier alpha value is -3.03. The highest BCUT2D eigenvalue weighted by atomic mass is 16.5. The summed E-state index contributed by atoms with van der Waals surface area (Å²) in [6.07, 6.45) is 8.71. The molecule has 7 heteroatoms. The zero-order chi connectivity index (χ0) is 23.6. The zero-order valence-corrected chi connectivity index (χ0v) is 19.9. The maximum Gasteiger partial charge on any atom is 0.251 e. The van der Waals surface area contributed by atoms with Crippen molar-refractivity contribution in [3.63, 3.8) is 0 Å². The summed E-state index contributed by atoms with van der Waals surface area (Å²) in [6, 6.07) is 8.10. The van der Waals surface area contributed by atoms with Crippen molar-refractivity contribution in [1.29, 1.82) is 0 Å². The molecule has 2 aliphatic heterocycles. The molecule has 0 aliphatic carbocycles. The number of carbonyl (C=O) groups excluding carboxylic acids is 1. The number of amides is 1. The predicted octanol–water partition coefficient (Wildman–Crippen LogP) is 3.07. The Morgan fingerprint density at radius 1 is 1.33 bits per heavy atom. The molecule has 1 atom stereocenters. The highest BCUT2D eigenvalue weighted by Crippen LogP contribution is 2.28. The summed E-state index contributed by atoms with van der Waals surface area (Å²) in [4.78, 5) is 23.6. The average molecular weight is 450 g/mol. The van der Waals surface area contributed by atoms with E-state index in [1.54, 1.807) is 14.2 Å². The van der Waals surface area contributed by atoms with E-state index in [1.165, 1.54) is 6.42 Å². The summed E-state index contributed by atoms with van der Waals surface area (Å²) in [5, 5.41) is 6.27. The topological polar surface area (TPSA) is 78.3 Å². The van der Waals surface area contributed by atoms with Crippen molar-refractivity contribution < 1.29 is 9.53 Å². The van der Waals surface area contributed by atoms with Crippen LogP contribution in [-0.4, -0.2) is 75.8 Å². The van der Waals surface area contributed by atoms with Gasteiger partial charge in [0.15, 0.2) is 0 Å². The van der Waals surface area contributed by atoms with Crippen LogP contribution < -0.4 is 10.6 Å². The Morgan fingerprint density at radius 2 is 2.12 bits per heavy atom. The number of nitrogens with one attached hydrogen (secondary N) is 2. The van der Waals surface area contributed by atoms with Crippen molar-refractivity contribution in [3.8, 4) is 0 Å². The van der Waals surface area contributed by atoms with E-state index < -0.39 is 0 Å². The summed E-state index contributed by atoms with van der Waals surface area (Å²) < 4.78 is 5.05. The molecule has 2 N–H and O–H groups in total. The maximum absolute atomic E-state index is 12.5. The number of hydrogen-bond acceptors (Lipinski definition) is 5. The number of allylic oxidation sites excluding steroid dienone is 3. The van der Waals surface area contributed by atoms with Gasteiger partial charge in [-0.05, 0) is 61.9 Å². The quantitative estimate of drug-likeness (QED) is 0.345. The molecule has 0 spiro atoms. The number of methoxy groups -OCH3 is 1. The monoisotopic (exact) mass is 449 g/mol. The Labute approximate surface area is 197 Å². The van der Waals surface area contributed by atoms with Gasteiger partial charge in [0.1, 0.15) is 5.84 Å². The molecule has 0 bridgehead atoms. The number of hydrogen-bond donors (Lipinski definition) is 2. The van der Waals surface area contributed by atoms with Gasteiger partial charge < -0.3 is 20.3 Å². The van der Waals surface area contributed by atoms with E-state index in [1.807, 2.05) is 42.6 Å². The third-order valence-electron chi connectivity index (χ3n) is 6.05. The lowest BCUT2D eigenvalue weighted by molar-refractivity contribution is 0.0943. The Bertz CT molecular complexity index is 959. The predicted molar refractivity (Wildman–Crippen MR) is 136 cm³/mol. The molecule has 1 aromatic carbocycles. The Morgan fingerprint density at radius 3 is 2.76 bits per heavy atom. The van der Waals surface area contributed by atoms with Crippen molar-refractivity contribution in [1.82, 2.24) is 15.5 Å². The molecule has 7 nitrogen and oxygen atoms in total. The lowest BCUT2D eigenvalue weighted by Gasteiger charge is -2.19. The summed E-state index contributed by atoms with van der Waals surface area (Å²) in [5.41, 5.74) is 4.59. The van der Waals surface area contributed by atoms with Crippen LogP contribution in [0.5, 0.6) is 0 Å². The number of nitrogens with zero attached hydrogens (tertiary/aromatic N) is 3. The van der Waals surface area contributed by atoms with E-state index in [4.69, 9.17) is 4.74 Å². The highest BCUT2D eigenvalue weighted by Gasteiger charge is 2.21. The van der Waals surface area contributed by atoms with Crippen LogP contribution in [0, 0.1) is 0 Å². The highest BCUT2D eigenvalue weighted by molar-refractivity contribution is 6.06. The molecule has 33 heavy (non-hydrogen) atoms. The SMILES string of the molecule is C=C1CC(/C=C\C(=NC)NCCOC)=NC=C1c1ccc(C(=O)NCC2CCCN2C)cc1. The first-order valence-corrected chi connectivity index (χ1v) is 11.4. The number of likely N-dealkylation sites (tertiary alicyclic amines) is 1. The van der Waals surface area contributed by atoms with Gasteiger partial charge in [-0.2, -0.15) is 0 Å². The van der Waals surface area contributed by atoms with Crippen LogP contribution in [0.15, 0.2) is 64.8 Å². The van der Waals surface area contributed by atoms with Crippen LogP contribution >= 0.6 is 0 Å². The number of benzene rings is 1. The number of aliphatic imine (C=N–C) groups is 2. The fourth-order valence-corrected chi connectivity index (χ4v) is 4.00. The van der Waals surface area contributed by atoms with Crippen molar-refractivity contribution >= 4 is 23.0 Å². The number of carbonyl (C=O) groups is 1. The largest absolute Gasteiger partial charge is 0.383 e. The maximum atomic E-state index is 12.5. The minimum absolute atomic E-state index is 0.0313. The normalized spacial score (nSPS) is 19.5. The molecule has 1 saturated heterocycles. The number of likely N-dealkylation sites (N-methyl/N-ethyl adjacent to an activating group) is 1. The molecular weight excluding hydrogens is 414 g/mol. The second-order valence-corrected chi connectivity index (χ2v) is 8.37. The lowest BCUT2D eigenvalue weighted by atomic mass is 9.93. The van der Waals surface area contributed by atoms with Crippen LogP contribution in [0.1, 0.15) is 35.2 Å². The van der Waals surface area contributed by atoms with Crippen molar-refractivity contribution in [3.05, 3.63) is 65.9 Å². The second-order valence-electron chi connectivity index (χ2n) is 8.37. The van der Waals surface area contributed by atoms with Gasteiger partial charge >= 0.3 is 0 Å². The second kappa shape index (κ2) is 12.3. The summed E-state index contributed by atoms with van der Waals surface area (Å²) in [7, 11) is 5.53. The molecule has 0 aromatic heterocycles. The standard InChI is InChI=1S/C26H35N5O2/c1-19-16-22(11-12-25(27-2)28-13-15-33-4)29-18-24(19)20-7-9-21(10-8-20)26(32)30-17-23-6-5-14-31(23)3/h7-12,18,23H,1,5-6,13-17H2,2-4H3,(H,27,28)(H,30,32)/b12-11-. The van der Waals surface area contributed by atoms with E-state index in [0.29, 0.717) is 37.7 Å². The van der Waals surface area contributed by atoms with Gasteiger partial charge in [0.2, 0.25) is 0 Å². The zero-order valence-electron chi connectivity index (χ0n) is 19.9. The first-order chi connectivity index (χ1) is 16.0. The smallest absolute Gasteiger partial charge is 0.251 e. The van der Waals surface area contributed by atoms with Crippen molar-refractivity contribution in [2.75, 3.05) is 47.4 Å². The fourth-order valence-electron chi connectivity index (χ4n) is 4.00. The van der Waals surface area contributed by atoms with Crippen molar-refractivity contribution in [2.45, 2.75) is 25.3 Å². The minimum Gasteiger partial charge on any atom is -0.383 e. The number of rotatable bonds is 9.